The van der Waals surface area contributed by atoms with Crippen LogP contribution in [0.2, 0.25) is 4.34 Å². The molecule has 0 fully saturated rings. The van der Waals surface area contributed by atoms with Gasteiger partial charge < -0.3 is 10.1 Å². The third-order valence-electron chi connectivity index (χ3n) is 3.02. The second kappa shape index (κ2) is 7.90. The lowest BCUT2D eigenvalue weighted by Gasteiger charge is -2.17. The van der Waals surface area contributed by atoms with Gasteiger partial charge in [0.25, 0.3) is 5.91 Å². The van der Waals surface area contributed by atoms with Crippen LogP contribution in [0.4, 0.5) is 0 Å². The highest BCUT2D eigenvalue weighted by molar-refractivity contribution is 7.23. The van der Waals surface area contributed by atoms with E-state index in [0.717, 1.165) is 9.88 Å². The molecule has 0 saturated heterocycles. The molecular formula is C15H17ClN2O3S2. The van der Waals surface area contributed by atoms with Gasteiger partial charge in [-0.1, -0.05) is 25.4 Å². The van der Waals surface area contributed by atoms with Crippen LogP contribution in [0.3, 0.4) is 0 Å². The summed E-state index contributed by atoms with van der Waals surface area (Å²) in [6.07, 6.45) is 0.510. The number of hydrogen-bond donors (Lipinski definition) is 1. The minimum atomic E-state index is -0.672. The zero-order valence-corrected chi connectivity index (χ0v) is 15.3. The van der Waals surface area contributed by atoms with Crippen molar-refractivity contribution in [3.8, 4) is 9.88 Å². The van der Waals surface area contributed by atoms with Crippen LogP contribution in [-0.4, -0.2) is 30.0 Å². The molecule has 5 nitrogen and oxygen atoms in total. The molecule has 2 aromatic rings. The summed E-state index contributed by atoms with van der Waals surface area (Å²) in [6.45, 7) is 3.95. The lowest BCUT2D eigenvalue weighted by Crippen LogP contribution is -2.42. The summed E-state index contributed by atoms with van der Waals surface area (Å²) in [5.74, 6) is -0.586. The van der Waals surface area contributed by atoms with Gasteiger partial charge in [-0.15, -0.1) is 22.7 Å². The van der Waals surface area contributed by atoms with Gasteiger partial charge in [-0.2, -0.15) is 0 Å². The lowest BCUT2D eigenvalue weighted by molar-refractivity contribution is -0.143. The minimum absolute atomic E-state index is 0.249. The smallest absolute Gasteiger partial charge is 0.328 e. The van der Waals surface area contributed by atoms with Crippen LogP contribution >= 0.6 is 34.3 Å². The predicted octanol–water partition coefficient (Wildman–Crippen LogP) is 3.84. The Hall–Kier alpha value is -1.44. The van der Waals surface area contributed by atoms with E-state index in [1.165, 1.54) is 29.8 Å². The number of nitrogens with zero attached hydrogens (tertiary/aromatic N) is 1. The quantitative estimate of drug-likeness (QED) is 0.782. The Morgan fingerprint density at radius 2 is 2.13 bits per heavy atom. The number of methoxy groups -OCH3 is 1. The molecular weight excluding hydrogens is 356 g/mol. The number of hydrogen-bond acceptors (Lipinski definition) is 6. The van der Waals surface area contributed by atoms with Crippen molar-refractivity contribution >= 4 is 46.2 Å². The van der Waals surface area contributed by atoms with Gasteiger partial charge in [0.2, 0.25) is 0 Å². The highest BCUT2D eigenvalue weighted by Crippen LogP contribution is 2.32. The number of carbonyl (C=O) groups excluding carboxylic acids is 2. The Morgan fingerprint density at radius 1 is 1.39 bits per heavy atom. The molecule has 1 unspecified atom stereocenters. The summed E-state index contributed by atoms with van der Waals surface area (Å²) < 4.78 is 5.41. The Morgan fingerprint density at radius 3 is 2.70 bits per heavy atom. The van der Waals surface area contributed by atoms with Gasteiger partial charge in [0.05, 0.1) is 16.3 Å². The van der Waals surface area contributed by atoms with E-state index in [2.05, 4.69) is 10.3 Å². The Kier molecular flexibility index (Phi) is 6.15. The zero-order chi connectivity index (χ0) is 17.0. The summed E-state index contributed by atoms with van der Waals surface area (Å²) in [7, 11) is 1.31. The standard InChI is InChI=1S/C15H17ClN2O3S2/c1-8(2)6-9(15(20)21-3)17-13(19)10-7-22-14(18-10)11-4-5-12(16)23-11/h4-5,7-9H,6H2,1-3H3,(H,17,19). The van der Waals surface area contributed by atoms with Crippen LogP contribution in [0.5, 0.6) is 0 Å². The van der Waals surface area contributed by atoms with Gasteiger partial charge in [-0.3, -0.25) is 4.79 Å². The molecule has 0 spiro atoms. The number of halogens is 1. The first-order valence-corrected chi connectivity index (χ1v) is 9.08. The van der Waals surface area contributed by atoms with Crippen molar-refractivity contribution in [3.05, 3.63) is 27.5 Å². The van der Waals surface area contributed by atoms with E-state index in [1.807, 2.05) is 19.9 Å². The molecule has 0 aliphatic rings. The fourth-order valence-corrected chi connectivity index (χ4v) is 3.90. The SMILES string of the molecule is COC(=O)C(CC(C)C)NC(=O)c1csc(-c2ccc(Cl)s2)n1. The molecule has 0 saturated carbocycles. The first-order valence-electron chi connectivity index (χ1n) is 7.00. The number of thiophene rings is 1. The molecule has 124 valence electrons. The highest BCUT2D eigenvalue weighted by Gasteiger charge is 2.24. The number of thiazole rings is 1. The summed E-state index contributed by atoms with van der Waals surface area (Å²) in [4.78, 5) is 29.3. The van der Waals surface area contributed by atoms with E-state index in [9.17, 15) is 9.59 Å². The molecule has 2 heterocycles. The Bertz CT molecular complexity index is 696. The maximum Gasteiger partial charge on any atom is 0.328 e. The fraction of sp³-hybridized carbons (Fsp3) is 0.400. The first kappa shape index (κ1) is 17.9. The van der Waals surface area contributed by atoms with Gasteiger partial charge in [0.15, 0.2) is 0 Å². The largest absolute Gasteiger partial charge is 0.467 e. The molecule has 1 amide bonds. The monoisotopic (exact) mass is 372 g/mol. The molecule has 0 bridgehead atoms. The van der Waals surface area contributed by atoms with Crippen molar-refractivity contribution in [2.24, 2.45) is 5.92 Å². The van der Waals surface area contributed by atoms with E-state index < -0.39 is 12.0 Å². The average Bonchev–Trinajstić information content (AvgIpc) is 3.13. The number of esters is 1. The normalized spacial score (nSPS) is 12.2. The van der Waals surface area contributed by atoms with Crippen LogP contribution in [0.25, 0.3) is 9.88 Å². The molecule has 8 heteroatoms. The fourth-order valence-electron chi connectivity index (χ4n) is 1.98. The van der Waals surface area contributed by atoms with Crippen molar-refractivity contribution in [2.45, 2.75) is 26.3 Å². The van der Waals surface area contributed by atoms with Gasteiger partial charge in [0, 0.05) is 5.38 Å². The number of aromatic nitrogens is 1. The molecule has 0 aliphatic heterocycles. The third-order valence-corrected chi connectivity index (χ3v) is 5.26. The summed E-state index contributed by atoms with van der Waals surface area (Å²) in [5, 5.41) is 5.09. The van der Waals surface area contributed by atoms with Gasteiger partial charge in [-0.25, -0.2) is 9.78 Å². The Labute approximate surface area is 147 Å². The van der Waals surface area contributed by atoms with Crippen molar-refractivity contribution in [2.75, 3.05) is 7.11 Å². The van der Waals surface area contributed by atoms with Gasteiger partial charge >= 0.3 is 5.97 Å². The van der Waals surface area contributed by atoms with Crippen molar-refractivity contribution in [1.82, 2.24) is 10.3 Å². The molecule has 0 aromatic carbocycles. The number of nitrogens with one attached hydrogen (secondary N) is 1. The van der Waals surface area contributed by atoms with E-state index in [-0.39, 0.29) is 17.5 Å². The first-order chi connectivity index (χ1) is 10.9. The van der Waals surface area contributed by atoms with Gasteiger partial charge in [-0.05, 0) is 24.5 Å². The highest BCUT2D eigenvalue weighted by atomic mass is 35.5. The number of amides is 1. The van der Waals surface area contributed by atoms with Crippen LogP contribution < -0.4 is 5.32 Å². The Balaban J connectivity index is 2.10. The maximum atomic E-state index is 12.3. The summed E-state index contributed by atoms with van der Waals surface area (Å²) in [6, 6.07) is 2.98. The van der Waals surface area contributed by atoms with Crippen molar-refractivity contribution < 1.29 is 14.3 Å². The summed E-state index contributed by atoms with van der Waals surface area (Å²) in [5.41, 5.74) is 0.284. The van der Waals surface area contributed by atoms with E-state index >= 15 is 0 Å². The van der Waals surface area contributed by atoms with Crippen molar-refractivity contribution in [3.63, 3.8) is 0 Å². The summed E-state index contributed by atoms with van der Waals surface area (Å²) >= 11 is 8.68. The van der Waals surface area contributed by atoms with Crippen LogP contribution in [-0.2, 0) is 9.53 Å². The minimum Gasteiger partial charge on any atom is -0.467 e. The molecule has 23 heavy (non-hydrogen) atoms. The molecule has 0 radical (unpaired) electrons. The van der Waals surface area contributed by atoms with Crippen LogP contribution in [0, 0.1) is 5.92 Å². The van der Waals surface area contributed by atoms with E-state index in [1.54, 1.807) is 11.4 Å². The van der Waals surface area contributed by atoms with Crippen molar-refractivity contribution in [1.29, 1.82) is 0 Å². The van der Waals surface area contributed by atoms with Crippen LogP contribution in [0.15, 0.2) is 17.5 Å². The zero-order valence-electron chi connectivity index (χ0n) is 13.0. The number of carbonyl (C=O) groups is 2. The number of rotatable bonds is 6. The topological polar surface area (TPSA) is 68.3 Å². The second-order valence-electron chi connectivity index (χ2n) is 5.32. The van der Waals surface area contributed by atoms with Gasteiger partial charge in [0.1, 0.15) is 16.7 Å². The molecule has 0 aliphatic carbocycles. The molecule has 1 atom stereocenters. The van der Waals surface area contributed by atoms with E-state index in [4.69, 9.17) is 16.3 Å². The average molecular weight is 373 g/mol. The lowest BCUT2D eigenvalue weighted by atomic mass is 10.0. The predicted molar refractivity (Wildman–Crippen MR) is 93.2 cm³/mol. The van der Waals surface area contributed by atoms with Crippen LogP contribution in [0.1, 0.15) is 30.8 Å². The molecule has 1 N–H and O–H groups in total. The molecule has 2 aromatic heterocycles. The maximum absolute atomic E-state index is 12.3. The third kappa shape index (κ3) is 4.76. The van der Waals surface area contributed by atoms with E-state index in [0.29, 0.717) is 10.8 Å². The second-order valence-corrected chi connectivity index (χ2v) is 7.89. The molecule has 2 rings (SSSR count). The number of ether oxygens (including phenoxy) is 1.